The summed E-state index contributed by atoms with van der Waals surface area (Å²) in [5, 5.41) is 0. The van der Waals surface area contributed by atoms with Gasteiger partial charge in [-0.2, -0.15) is 0 Å². The number of hydrogen-bond donors (Lipinski definition) is 0. The summed E-state index contributed by atoms with van der Waals surface area (Å²) in [6.07, 6.45) is 0.517. The van der Waals surface area contributed by atoms with Crippen molar-refractivity contribution in [3.63, 3.8) is 0 Å². The van der Waals surface area contributed by atoms with E-state index in [4.69, 9.17) is 27.9 Å². The lowest BCUT2D eigenvalue weighted by Crippen LogP contribution is -2.19. The third-order valence-corrected chi connectivity index (χ3v) is 2.64. The van der Waals surface area contributed by atoms with Gasteiger partial charge in [0, 0.05) is 13.3 Å². The molecular formula is C6H8Cl2O2. The first kappa shape index (κ1) is 8.15. The Bertz CT molecular complexity index is 179. The Labute approximate surface area is 69.4 Å². The molecule has 10 heavy (non-hydrogen) atoms. The molecule has 0 bridgehead atoms. The molecule has 0 amide bonds. The van der Waals surface area contributed by atoms with Gasteiger partial charge in [0.15, 0.2) is 4.33 Å². The minimum Gasteiger partial charge on any atom is -0.456 e. The summed E-state index contributed by atoms with van der Waals surface area (Å²) in [6, 6.07) is 0. The summed E-state index contributed by atoms with van der Waals surface area (Å²) in [5.74, 6) is -0.342. The van der Waals surface area contributed by atoms with Crippen molar-refractivity contribution < 1.29 is 9.53 Å². The predicted molar refractivity (Wildman–Crippen MR) is 39.2 cm³/mol. The summed E-state index contributed by atoms with van der Waals surface area (Å²) in [6.45, 7) is 3.06. The fraction of sp³-hybridized carbons (Fsp3) is 0.833. The van der Waals surface area contributed by atoms with Crippen molar-refractivity contribution in [2.45, 2.75) is 30.2 Å². The summed E-state index contributed by atoms with van der Waals surface area (Å²) in [7, 11) is 0. The molecular weight excluding hydrogens is 175 g/mol. The second kappa shape index (κ2) is 2.02. The molecule has 2 nitrogen and oxygen atoms in total. The summed E-state index contributed by atoms with van der Waals surface area (Å²) in [5.41, 5.74) is -0.651. The Morgan fingerprint density at radius 2 is 2.00 bits per heavy atom. The van der Waals surface area contributed by atoms with Gasteiger partial charge >= 0.3 is 5.97 Å². The fourth-order valence-electron chi connectivity index (χ4n) is 0.807. The number of esters is 1. The standard InChI is InChI=1S/C6H8Cl2O2/c1-4(9)10-5(2)3-6(5,7)8/h3H2,1-2H3. The lowest BCUT2D eigenvalue weighted by Gasteiger charge is -2.10. The number of halogens is 2. The number of hydrogen-bond acceptors (Lipinski definition) is 2. The van der Waals surface area contributed by atoms with Crippen LogP contribution in [0.25, 0.3) is 0 Å². The van der Waals surface area contributed by atoms with E-state index < -0.39 is 9.93 Å². The first-order valence-electron chi connectivity index (χ1n) is 2.95. The van der Waals surface area contributed by atoms with Gasteiger partial charge in [-0.15, -0.1) is 0 Å². The van der Waals surface area contributed by atoms with Crippen LogP contribution < -0.4 is 0 Å². The van der Waals surface area contributed by atoms with Crippen LogP contribution in [0.1, 0.15) is 20.3 Å². The van der Waals surface area contributed by atoms with E-state index in [0.717, 1.165) is 0 Å². The van der Waals surface area contributed by atoms with Gasteiger partial charge in [0.1, 0.15) is 5.60 Å². The normalized spacial score (nSPS) is 35.2. The van der Waals surface area contributed by atoms with Gasteiger partial charge in [-0.05, 0) is 6.92 Å². The molecule has 1 aliphatic rings. The van der Waals surface area contributed by atoms with E-state index in [2.05, 4.69) is 0 Å². The van der Waals surface area contributed by atoms with Gasteiger partial charge in [0.2, 0.25) is 0 Å². The number of carbonyl (C=O) groups is 1. The highest BCUT2D eigenvalue weighted by atomic mass is 35.5. The van der Waals surface area contributed by atoms with E-state index in [1.165, 1.54) is 6.92 Å². The largest absolute Gasteiger partial charge is 0.456 e. The lowest BCUT2D eigenvalue weighted by atomic mass is 10.4. The molecule has 1 atom stereocenters. The highest BCUT2D eigenvalue weighted by Gasteiger charge is 2.66. The molecule has 0 aromatic heterocycles. The second-order valence-electron chi connectivity index (χ2n) is 2.71. The van der Waals surface area contributed by atoms with E-state index in [-0.39, 0.29) is 5.97 Å². The van der Waals surface area contributed by atoms with Crippen LogP contribution >= 0.6 is 23.2 Å². The molecule has 1 unspecified atom stereocenters. The maximum absolute atomic E-state index is 10.4. The quantitative estimate of drug-likeness (QED) is 0.458. The van der Waals surface area contributed by atoms with Crippen LogP contribution in [0.5, 0.6) is 0 Å². The van der Waals surface area contributed by atoms with Crippen molar-refractivity contribution in [1.82, 2.24) is 0 Å². The van der Waals surface area contributed by atoms with Gasteiger partial charge in [-0.3, -0.25) is 4.79 Å². The van der Waals surface area contributed by atoms with Crippen LogP contribution in [-0.2, 0) is 9.53 Å². The van der Waals surface area contributed by atoms with E-state index in [1.807, 2.05) is 0 Å². The zero-order valence-electron chi connectivity index (χ0n) is 5.78. The highest BCUT2D eigenvalue weighted by molar-refractivity contribution is 6.52. The zero-order chi connectivity index (χ0) is 7.99. The molecule has 1 rings (SSSR count). The first-order chi connectivity index (χ1) is 4.37. The van der Waals surface area contributed by atoms with Crippen molar-refractivity contribution >= 4 is 29.2 Å². The molecule has 0 N–H and O–H groups in total. The average molecular weight is 183 g/mol. The van der Waals surface area contributed by atoms with Crippen molar-refractivity contribution in [2.24, 2.45) is 0 Å². The van der Waals surface area contributed by atoms with Crippen molar-refractivity contribution in [1.29, 1.82) is 0 Å². The molecule has 0 spiro atoms. The average Bonchev–Trinajstić information content (AvgIpc) is 2.01. The van der Waals surface area contributed by atoms with Crippen molar-refractivity contribution in [3.8, 4) is 0 Å². The minimum atomic E-state index is -0.862. The van der Waals surface area contributed by atoms with Crippen LogP contribution in [-0.4, -0.2) is 15.9 Å². The van der Waals surface area contributed by atoms with Crippen molar-refractivity contribution in [3.05, 3.63) is 0 Å². The second-order valence-corrected chi connectivity index (χ2v) is 4.19. The third-order valence-electron chi connectivity index (χ3n) is 1.58. The zero-order valence-corrected chi connectivity index (χ0v) is 7.29. The van der Waals surface area contributed by atoms with E-state index in [1.54, 1.807) is 6.92 Å². The van der Waals surface area contributed by atoms with Gasteiger partial charge in [-0.25, -0.2) is 0 Å². The molecule has 1 fully saturated rings. The van der Waals surface area contributed by atoms with Crippen LogP contribution in [0.4, 0.5) is 0 Å². The monoisotopic (exact) mass is 182 g/mol. The third kappa shape index (κ3) is 1.23. The maximum Gasteiger partial charge on any atom is 0.303 e. The number of carbonyl (C=O) groups excluding carboxylic acids is 1. The number of ether oxygens (including phenoxy) is 1. The summed E-state index contributed by atoms with van der Waals surface area (Å²) < 4.78 is 4.00. The molecule has 0 radical (unpaired) electrons. The Balaban J connectivity index is 2.52. The van der Waals surface area contributed by atoms with E-state index >= 15 is 0 Å². The molecule has 0 saturated heterocycles. The molecule has 0 aromatic rings. The van der Waals surface area contributed by atoms with Gasteiger partial charge in [-0.1, -0.05) is 23.2 Å². The molecule has 1 saturated carbocycles. The fourth-order valence-corrected chi connectivity index (χ4v) is 1.39. The molecule has 0 aliphatic heterocycles. The molecule has 0 heterocycles. The smallest absolute Gasteiger partial charge is 0.303 e. The SMILES string of the molecule is CC(=O)OC1(C)CC1(Cl)Cl. The Hall–Kier alpha value is 0.0500. The first-order valence-corrected chi connectivity index (χ1v) is 3.70. The minimum absolute atomic E-state index is 0.342. The Morgan fingerprint density at radius 3 is 2.10 bits per heavy atom. The predicted octanol–water partition coefficient (Wildman–Crippen LogP) is 1.89. The highest BCUT2D eigenvalue weighted by Crippen LogP contribution is 2.58. The molecule has 4 heteroatoms. The molecule has 0 aromatic carbocycles. The summed E-state index contributed by atoms with van der Waals surface area (Å²) >= 11 is 11.4. The van der Waals surface area contributed by atoms with Crippen molar-refractivity contribution in [2.75, 3.05) is 0 Å². The number of alkyl halides is 2. The Kier molecular flexibility index (Phi) is 1.64. The lowest BCUT2D eigenvalue weighted by molar-refractivity contribution is -0.147. The van der Waals surface area contributed by atoms with E-state index in [0.29, 0.717) is 6.42 Å². The Morgan fingerprint density at radius 1 is 1.60 bits per heavy atom. The van der Waals surface area contributed by atoms with E-state index in [9.17, 15) is 4.79 Å². The van der Waals surface area contributed by atoms with Crippen LogP contribution in [0.15, 0.2) is 0 Å². The topological polar surface area (TPSA) is 26.3 Å². The van der Waals surface area contributed by atoms with Gasteiger partial charge in [0.05, 0.1) is 0 Å². The number of rotatable bonds is 1. The molecule has 1 aliphatic carbocycles. The molecule has 58 valence electrons. The maximum atomic E-state index is 10.4. The summed E-state index contributed by atoms with van der Waals surface area (Å²) in [4.78, 5) is 10.4. The van der Waals surface area contributed by atoms with Crippen LogP contribution in [0.3, 0.4) is 0 Å². The van der Waals surface area contributed by atoms with Crippen LogP contribution in [0.2, 0.25) is 0 Å². The van der Waals surface area contributed by atoms with Gasteiger partial charge in [0.25, 0.3) is 0 Å². The van der Waals surface area contributed by atoms with Gasteiger partial charge < -0.3 is 4.74 Å². The van der Waals surface area contributed by atoms with Crippen LogP contribution in [0, 0.1) is 0 Å².